The molecule has 3 aromatic heterocycles. The zero-order chi connectivity index (χ0) is 20.4. The molecule has 3 heterocycles. The fraction of sp³-hybridized carbons (Fsp3) is 0.200. The molecule has 1 amide bonds. The molecule has 0 saturated heterocycles. The fourth-order valence-electron chi connectivity index (χ4n) is 2.81. The number of benzene rings is 1. The zero-order valence-electron chi connectivity index (χ0n) is 15.5. The van der Waals surface area contributed by atoms with E-state index in [1.165, 1.54) is 6.07 Å². The van der Waals surface area contributed by atoms with Gasteiger partial charge in [-0.2, -0.15) is 4.98 Å². The zero-order valence-corrected chi connectivity index (χ0v) is 17.1. The number of carbonyl (C=O) groups excluding carboxylic acids is 1. The van der Waals surface area contributed by atoms with Gasteiger partial charge < -0.3 is 14.2 Å². The van der Waals surface area contributed by atoms with Crippen molar-refractivity contribution in [2.24, 2.45) is 0 Å². The minimum absolute atomic E-state index is 0.149. The largest absolute Gasteiger partial charge is 0.350 e. The molecule has 0 bridgehead atoms. The van der Waals surface area contributed by atoms with Gasteiger partial charge in [0.05, 0.1) is 12.2 Å². The first-order valence-electron chi connectivity index (χ1n) is 8.97. The number of nitrogens with zero attached hydrogens (tertiary/aromatic N) is 4. The molecule has 0 fully saturated rings. The van der Waals surface area contributed by atoms with Crippen molar-refractivity contribution in [1.82, 2.24) is 24.8 Å². The van der Waals surface area contributed by atoms with Crippen LogP contribution < -0.4 is 5.32 Å². The van der Waals surface area contributed by atoms with E-state index in [4.69, 9.17) is 4.52 Å². The first-order chi connectivity index (χ1) is 14.0. The van der Waals surface area contributed by atoms with E-state index in [0.717, 1.165) is 15.8 Å². The average molecular weight is 458 g/mol. The van der Waals surface area contributed by atoms with Crippen LogP contribution in [0.5, 0.6) is 0 Å². The molecule has 7 nitrogen and oxygen atoms in total. The first kappa shape index (κ1) is 19.3. The molecule has 4 aromatic rings. The number of amides is 1. The number of imidazole rings is 1. The highest BCUT2D eigenvalue weighted by Crippen LogP contribution is 2.19. The van der Waals surface area contributed by atoms with Crippen LogP contribution in [-0.2, 0) is 17.8 Å². The summed E-state index contributed by atoms with van der Waals surface area (Å²) in [6.45, 7) is 2.01. The van der Waals surface area contributed by atoms with Crippen LogP contribution in [-0.4, -0.2) is 25.4 Å². The van der Waals surface area contributed by atoms with Gasteiger partial charge in [-0.1, -0.05) is 17.3 Å². The summed E-state index contributed by atoms with van der Waals surface area (Å²) in [6, 6.07) is 8.56. The number of halogens is 2. The van der Waals surface area contributed by atoms with Crippen LogP contribution in [0.4, 0.5) is 4.39 Å². The highest BCUT2D eigenvalue weighted by molar-refractivity contribution is 9.10. The molecule has 0 radical (unpaired) electrons. The predicted molar refractivity (Wildman–Crippen MR) is 107 cm³/mol. The summed E-state index contributed by atoms with van der Waals surface area (Å²) in [5.74, 6) is 0.154. The van der Waals surface area contributed by atoms with Crippen LogP contribution in [0.3, 0.4) is 0 Å². The van der Waals surface area contributed by atoms with Crippen LogP contribution in [0, 0.1) is 12.7 Å². The Labute approximate surface area is 174 Å². The highest BCUT2D eigenvalue weighted by Gasteiger charge is 2.12. The summed E-state index contributed by atoms with van der Waals surface area (Å²) in [5.41, 5.74) is 2.65. The van der Waals surface area contributed by atoms with Crippen molar-refractivity contribution in [2.45, 2.75) is 26.3 Å². The molecule has 9 heteroatoms. The van der Waals surface area contributed by atoms with Crippen LogP contribution in [0.15, 0.2) is 51.7 Å². The number of carbonyl (C=O) groups is 1. The topological polar surface area (TPSA) is 85.3 Å². The Morgan fingerprint density at radius 1 is 1.24 bits per heavy atom. The third-order valence-corrected chi connectivity index (χ3v) is 4.86. The first-order valence-corrected chi connectivity index (χ1v) is 9.76. The third kappa shape index (κ3) is 4.51. The predicted octanol–water partition coefficient (Wildman–Crippen LogP) is 3.84. The standard InChI is InChI=1S/C20H17BrFN5O2/c1-12-2-3-13(8-16(12)22)20-25-19(29-26-20)7-6-18(28)23-9-15-11-27-10-14(21)4-5-17(27)24-15/h2-5,8,10-11H,6-7,9H2,1H3,(H,23,28). The van der Waals surface area contributed by atoms with E-state index in [1.807, 2.05) is 28.9 Å². The van der Waals surface area contributed by atoms with Crippen LogP contribution in [0.1, 0.15) is 23.6 Å². The number of hydrogen-bond donors (Lipinski definition) is 1. The molecule has 0 aliphatic rings. The van der Waals surface area contributed by atoms with Crippen LogP contribution in [0.25, 0.3) is 17.0 Å². The molecule has 0 spiro atoms. The summed E-state index contributed by atoms with van der Waals surface area (Å²) in [5, 5.41) is 6.69. The lowest BCUT2D eigenvalue weighted by Gasteiger charge is -2.01. The van der Waals surface area contributed by atoms with Crippen molar-refractivity contribution >= 4 is 27.5 Å². The van der Waals surface area contributed by atoms with E-state index in [0.29, 0.717) is 35.8 Å². The number of rotatable bonds is 6. The molecule has 1 aromatic carbocycles. The Kier molecular flexibility index (Phi) is 5.39. The van der Waals surface area contributed by atoms with Gasteiger partial charge in [0.2, 0.25) is 17.6 Å². The van der Waals surface area contributed by atoms with E-state index < -0.39 is 0 Å². The molecule has 29 heavy (non-hydrogen) atoms. The van der Waals surface area contributed by atoms with E-state index in [1.54, 1.807) is 19.1 Å². The van der Waals surface area contributed by atoms with Gasteiger partial charge in [0.25, 0.3) is 0 Å². The Balaban J connectivity index is 1.31. The molecular weight excluding hydrogens is 441 g/mol. The maximum Gasteiger partial charge on any atom is 0.227 e. The number of nitrogens with one attached hydrogen (secondary N) is 1. The van der Waals surface area contributed by atoms with Gasteiger partial charge in [-0.15, -0.1) is 0 Å². The molecular formula is C20H17BrFN5O2. The maximum atomic E-state index is 13.7. The van der Waals surface area contributed by atoms with Gasteiger partial charge in [0.15, 0.2) is 0 Å². The van der Waals surface area contributed by atoms with E-state index in [2.05, 4.69) is 36.4 Å². The van der Waals surface area contributed by atoms with Gasteiger partial charge >= 0.3 is 0 Å². The quantitative estimate of drug-likeness (QED) is 0.475. The van der Waals surface area contributed by atoms with Gasteiger partial charge in [-0.25, -0.2) is 9.37 Å². The summed E-state index contributed by atoms with van der Waals surface area (Å²) < 4.78 is 21.7. The lowest BCUT2D eigenvalue weighted by molar-refractivity contribution is -0.121. The summed E-state index contributed by atoms with van der Waals surface area (Å²) in [7, 11) is 0. The lowest BCUT2D eigenvalue weighted by atomic mass is 10.1. The second kappa shape index (κ2) is 8.12. The fourth-order valence-corrected chi connectivity index (χ4v) is 3.16. The minimum atomic E-state index is -0.326. The molecule has 0 atom stereocenters. The second-order valence-corrected chi connectivity index (χ2v) is 7.51. The normalized spacial score (nSPS) is 11.1. The minimum Gasteiger partial charge on any atom is -0.350 e. The molecule has 0 aliphatic carbocycles. The number of aryl methyl sites for hydroxylation is 2. The Hall–Kier alpha value is -3.07. The third-order valence-electron chi connectivity index (χ3n) is 4.40. The summed E-state index contributed by atoms with van der Waals surface area (Å²) in [4.78, 5) is 20.8. The van der Waals surface area contributed by atoms with E-state index >= 15 is 0 Å². The van der Waals surface area contributed by atoms with Crippen molar-refractivity contribution in [1.29, 1.82) is 0 Å². The molecule has 1 N–H and O–H groups in total. The van der Waals surface area contributed by atoms with Crippen molar-refractivity contribution in [3.63, 3.8) is 0 Å². The van der Waals surface area contributed by atoms with Gasteiger partial charge in [-0.3, -0.25) is 4.79 Å². The van der Waals surface area contributed by atoms with Crippen molar-refractivity contribution in [3.8, 4) is 11.4 Å². The van der Waals surface area contributed by atoms with Crippen LogP contribution >= 0.6 is 15.9 Å². The molecule has 0 aliphatic heterocycles. The summed E-state index contributed by atoms with van der Waals surface area (Å²) in [6.07, 6.45) is 4.26. The Morgan fingerprint density at radius 3 is 2.93 bits per heavy atom. The number of pyridine rings is 1. The maximum absolute atomic E-state index is 13.7. The highest BCUT2D eigenvalue weighted by atomic mass is 79.9. The van der Waals surface area contributed by atoms with E-state index in [-0.39, 0.29) is 18.1 Å². The second-order valence-electron chi connectivity index (χ2n) is 6.60. The smallest absolute Gasteiger partial charge is 0.227 e. The molecule has 0 unspecified atom stereocenters. The van der Waals surface area contributed by atoms with Gasteiger partial charge in [-0.05, 0) is 46.6 Å². The molecule has 4 rings (SSSR count). The van der Waals surface area contributed by atoms with Gasteiger partial charge in [0, 0.05) is 35.3 Å². The monoisotopic (exact) mass is 457 g/mol. The Bertz CT molecular complexity index is 1190. The molecule has 148 valence electrons. The lowest BCUT2D eigenvalue weighted by Crippen LogP contribution is -2.23. The van der Waals surface area contributed by atoms with Crippen molar-refractivity contribution < 1.29 is 13.7 Å². The van der Waals surface area contributed by atoms with Crippen molar-refractivity contribution in [3.05, 3.63) is 70.2 Å². The SMILES string of the molecule is Cc1ccc(-c2noc(CCC(=O)NCc3cn4cc(Br)ccc4n3)n2)cc1F. The Morgan fingerprint density at radius 2 is 2.10 bits per heavy atom. The number of aromatic nitrogens is 4. The van der Waals surface area contributed by atoms with Crippen LogP contribution in [0.2, 0.25) is 0 Å². The number of fused-ring (bicyclic) bond motifs is 1. The van der Waals surface area contributed by atoms with Crippen molar-refractivity contribution in [2.75, 3.05) is 0 Å². The molecule has 0 saturated carbocycles. The average Bonchev–Trinajstić information content (AvgIpc) is 3.33. The number of hydrogen-bond acceptors (Lipinski definition) is 5. The van der Waals surface area contributed by atoms with Gasteiger partial charge in [0.1, 0.15) is 11.5 Å². The van der Waals surface area contributed by atoms with E-state index in [9.17, 15) is 9.18 Å². The summed E-state index contributed by atoms with van der Waals surface area (Å²) >= 11 is 3.41.